The maximum Gasteiger partial charge on any atom is 0.127 e. The first-order valence-electron chi connectivity index (χ1n) is 6.45. The summed E-state index contributed by atoms with van der Waals surface area (Å²) in [4.78, 5) is 0. The monoisotopic (exact) mass is 271 g/mol. The number of methoxy groups -OCH3 is 1. The second-order valence-corrected chi connectivity index (χ2v) is 4.14. The molecule has 0 amide bonds. The van der Waals surface area contributed by atoms with Gasteiger partial charge in [-0.3, -0.25) is 0 Å². The molecule has 0 fully saturated rings. The molecule has 1 aromatic rings. The van der Waals surface area contributed by atoms with Crippen LogP contribution in [0.15, 0.2) is 18.2 Å². The normalized spacial score (nSPS) is 10.7. The van der Waals surface area contributed by atoms with E-state index in [1.54, 1.807) is 7.11 Å². The number of ether oxygens (including phenoxy) is 3. The Morgan fingerprint density at radius 3 is 2.68 bits per heavy atom. The Morgan fingerprint density at radius 1 is 1.11 bits per heavy atom. The lowest BCUT2D eigenvalue weighted by Gasteiger charge is -2.08. The van der Waals surface area contributed by atoms with E-state index < -0.39 is 0 Å². The Hall–Kier alpha value is -1.17. The third-order valence-corrected chi connectivity index (χ3v) is 2.50. The zero-order valence-electron chi connectivity index (χ0n) is 11.4. The minimum absolute atomic E-state index is 0.294. The maximum absolute atomic E-state index is 13.3. The van der Waals surface area contributed by atoms with Crippen molar-refractivity contribution in [1.29, 1.82) is 0 Å². The van der Waals surface area contributed by atoms with Crippen molar-refractivity contribution in [1.82, 2.24) is 0 Å². The molecule has 0 saturated carbocycles. The molecule has 1 aromatic carbocycles. The molecule has 19 heavy (non-hydrogen) atoms. The summed E-state index contributed by atoms with van der Waals surface area (Å²) in [5, 5.41) is 0. The van der Waals surface area contributed by atoms with Gasteiger partial charge in [-0.05, 0) is 30.7 Å². The summed E-state index contributed by atoms with van der Waals surface area (Å²) in [6.45, 7) is 2.77. The van der Waals surface area contributed by atoms with Crippen LogP contribution in [0.3, 0.4) is 0 Å². The zero-order valence-corrected chi connectivity index (χ0v) is 11.4. The van der Waals surface area contributed by atoms with Gasteiger partial charge in [-0.1, -0.05) is 0 Å². The van der Waals surface area contributed by atoms with Crippen molar-refractivity contribution in [3.8, 4) is 5.75 Å². The molecule has 5 heteroatoms. The highest BCUT2D eigenvalue weighted by Crippen LogP contribution is 2.16. The van der Waals surface area contributed by atoms with Crippen molar-refractivity contribution < 1.29 is 18.6 Å². The molecule has 0 spiro atoms. The first-order valence-corrected chi connectivity index (χ1v) is 6.45. The largest absolute Gasteiger partial charge is 0.493 e. The van der Waals surface area contributed by atoms with Crippen LogP contribution in [0, 0.1) is 5.82 Å². The van der Waals surface area contributed by atoms with Gasteiger partial charge in [0.2, 0.25) is 0 Å². The van der Waals surface area contributed by atoms with Gasteiger partial charge in [0.05, 0.1) is 19.8 Å². The summed E-state index contributed by atoms with van der Waals surface area (Å²) in [7, 11) is 1.63. The predicted octanol–water partition coefficient (Wildman–Crippen LogP) is 1.76. The van der Waals surface area contributed by atoms with E-state index in [9.17, 15) is 4.39 Å². The lowest BCUT2D eigenvalue weighted by Crippen LogP contribution is -2.07. The minimum Gasteiger partial charge on any atom is -0.493 e. The summed E-state index contributed by atoms with van der Waals surface area (Å²) >= 11 is 0. The number of rotatable bonds is 10. The number of halogens is 1. The number of hydrogen-bond donors (Lipinski definition) is 1. The molecule has 108 valence electrons. The molecule has 0 aliphatic heterocycles. The van der Waals surface area contributed by atoms with Crippen LogP contribution in [0.1, 0.15) is 12.0 Å². The van der Waals surface area contributed by atoms with E-state index in [-0.39, 0.29) is 5.82 Å². The van der Waals surface area contributed by atoms with Crippen LogP contribution in [0.5, 0.6) is 5.75 Å². The van der Waals surface area contributed by atoms with Gasteiger partial charge in [-0.2, -0.15) is 0 Å². The molecule has 1 rings (SSSR count). The third-order valence-electron chi connectivity index (χ3n) is 2.50. The van der Waals surface area contributed by atoms with E-state index in [0.717, 1.165) is 12.0 Å². The topological polar surface area (TPSA) is 53.7 Å². The van der Waals surface area contributed by atoms with E-state index in [2.05, 4.69) is 0 Å². The predicted molar refractivity (Wildman–Crippen MR) is 72.0 cm³/mol. The average Bonchev–Trinajstić information content (AvgIpc) is 2.37. The molecule has 0 bridgehead atoms. The first kappa shape index (κ1) is 15.9. The van der Waals surface area contributed by atoms with Gasteiger partial charge < -0.3 is 19.9 Å². The van der Waals surface area contributed by atoms with Gasteiger partial charge >= 0.3 is 0 Å². The smallest absolute Gasteiger partial charge is 0.127 e. The van der Waals surface area contributed by atoms with E-state index in [0.29, 0.717) is 45.1 Å². The van der Waals surface area contributed by atoms with Crippen LogP contribution in [-0.4, -0.2) is 40.1 Å². The van der Waals surface area contributed by atoms with Crippen molar-refractivity contribution in [3.63, 3.8) is 0 Å². The molecule has 0 aromatic heterocycles. The van der Waals surface area contributed by atoms with Crippen LogP contribution < -0.4 is 10.5 Å². The van der Waals surface area contributed by atoms with Gasteiger partial charge in [0, 0.05) is 26.2 Å². The van der Waals surface area contributed by atoms with E-state index >= 15 is 0 Å². The fraction of sp³-hybridized carbons (Fsp3) is 0.571. The van der Waals surface area contributed by atoms with Crippen molar-refractivity contribution in [2.24, 2.45) is 5.73 Å². The highest BCUT2D eigenvalue weighted by molar-refractivity contribution is 5.29. The summed E-state index contributed by atoms with van der Waals surface area (Å²) in [6.07, 6.45) is 1.40. The summed E-state index contributed by atoms with van der Waals surface area (Å²) in [5.74, 6) is 0.248. The summed E-state index contributed by atoms with van der Waals surface area (Å²) in [6, 6.07) is 4.68. The fourth-order valence-electron chi connectivity index (χ4n) is 1.61. The Bertz CT molecular complexity index is 361. The Kier molecular flexibility index (Phi) is 8.13. The van der Waals surface area contributed by atoms with E-state index in [4.69, 9.17) is 19.9 Å². The van der Waals surface area contributed by atoms with Gasteiger partial charge in [0.25, 0.3) is 0 Å². The van der Waals surface area contributed by atoms with Crippen LogP contribution in [0.2, 0.25) is 0 Å². The van der Waals surface area contributed by atoms with Gasteiger partial charge in [0.15, 0.2) is 0 Å². The molecule has 2 N–H and O–H groups in total. The van der Waals surface area contributed by atoms with Crippen molar-refractivity contribution in [3.05, 3.63) is 29.6 Å². The Morgan fingerprint density at radius 2 is 1.95 bits per heavy atom. The van der Waals surface area contributed by atoms with Crippen LogP contribution >= 0.6 is 0 Å². The number of benzene rings is 1. The molecular formula is C14H22FNO3. The van der Waals surface area contributed by atoms with Crippen LogP contribution in [0.25, 0.3) is 0 Å². The third kappa shape index (κ3) is 7.10. The van der Waals surface area contributed by atoms with Crippen molar-refractivity contribution in [2.75, 3.05) is 40.1 Å². The maximum atomic E-state index is 13.3. The molecule has 0 aliphatic rings. The SMILES string of the molecule is COCCOCCCOc1cc(F)cc(CCN)c1. The van der Waals surface area contributed by atoms with Crippen molar-refractivity contribution >= 4 is 0 Å². The fourth-order valence-corrected chi connectivity index (χ4v) is 1.61. The molecule has 0 radical (unpaired) electrons. The average molecular weight is 271 g/mol. The van der Waals surface area contributed by atoms with E-state index in [1.165, 1.54) is 12.1 Å². The second kappa shape index (κ2) is 9.72. The van der Waals surface area contributed by atoms with Gasteiger partial charge in [0.1, 0.15) is 11.6 Å². The van der Waals surface area contributed by atoms with E-state index in [1.807, 2.05) is 6.07 Å². The van der Waals surface area contributed by atoms with Gasteiger partial charge in [-0.25, -0.2) is 4.39 Å². The summed E-state index contributed by atoms with van der Waals surface area (Å²) in [5.41, 5.74) is 6.31. The molecular weight excluding hydrogens is 249 g/mol. The Balaban J connectivity index is 2.25. The highest BCUT2D eigenvalue weighted by Gasteiger charge is 2.01. The standard InChI is InChI=1S/C14H22FNO3/c1-17-7-8-18-5-2-6-19-14-10-12(3-4-16)9-13(15)11-14/h9-11H,2-8,16H2,1H3. The van der Waals surface area contributed by atoms with Crippen molar-refractivity contribution in [2.45, 2.75) is 12.8 Å². The number of nitrogens with two attached hydrogens (primary N) is 1. The lowest BCUT2D eigenvalue weighted by atomic mass is 10.1. The molecule has 0 aliphatic carbocycles. The molecule has 0 saturated heterocycles. The first-order chi connectivity index (χ1) is 9.26. The van der Waals surface area contributed by atoms with Crippen LogP contribution in [-0.2, 0) is 15.9 Å². The molecule has 0 atom stereocenters. The second-order valence-electron chi connectivity index (χ2n) is 4.14. The number of hydrogen-bond acceptors (Lipinski definition) is 4. The van der Waals surface area contributed by atoms with Gasteiger partial charge in [-0.15, -0.1) is 0 Å². The molecule has 0 heterocycles. The highest BCUT2D eigenvalue weighted by atomic mass is 19.1. The van der Waals surface area contributed by atoms with Crippen LogP contribution in [0.4, 0.5) is 4.39 Å². The summed E-state index contributed by atoms with van der Waals surface area (Å²) < 4.78 is 29.0. The Labute approximate surface area is 113 Å². The molecule has 0 unspecified atom stereocenters. The quantitative estimate of drug-likeness (QED) is 0.659. The lowest BCUT2D eigenvalue weighted by molar-refractivity contribution is 0.0644. The minimum atomic E-state index is -0.294. The zero-order chi connectivity index (χ0) is 13.9. The molecule has 4 nitrogen and oxygen atoms in total.